The van der Waals surface area contributed by atoms with Crippen LogP contribution in [0.4, 0.5) is 19.0 Å². The summed E-state index contributed by atoms with van der Waals surface area (Å²) >= 11 is 0. The summed E-state index contributed by atoms with van der Waals surface area (Å²) in [4.78, 5) is 25.4. The van der Waals surface area contributed by atoms with Crippen molar-refractivity contribution >= 4 is 38.5 Å². The van der Waals surface area contributed by atoms with Gasteiger partial charge in [-0.1, -0.05) is 18.2 Å². The van der Waals surface area contributed by atoms with Crippen molar-refractivity contribution in [3.63, 3.8) is 0 Å². The molecule has 44 heavy (non-hydrogen) atoms. The molecule has 17 heteroatoms. The van der Waals surface area contributed by atoms with Crippen LogP contribution in [0, 0.1) is 0 Å². The van der Waals surface area contributed by atoms with E-state index in [-0.39, 0.29) is 12.5 Å². The third-order valence-electron chi connectivity index (χ3n) is 7.28. The lowest BCUT2D eigenvalue weighted by Crippen LogP contribution is -2.42. The number of morpholine rings is 1. The Labute approximate surface area is 250 Å². The minimum Gasteiger partial charge on any atom is -0.475 e. The molecule has 1 aromatic carbocycles. The van der Waals surface area contributed by atoms with Crippen molar-refractivity contribution in [3.8, 4) is 5.88 Å². The number of alkyl halides is 3. The lowest BCUT2D eigenvalue weighted by molar-refractivity contribution is -0.192. The van der Waals surface area contributed by atoms with E-state index in [9.17, 15) is 21.6 Å². The predicted molar refractivity (Wildman–Crippen MR) is 152 cm³/mol. The summed E-state index contributed by atoms with van der Waals surface area (Å²) in [5.41, 5.74) is 3.41. The van der Waals surface area contributed by atoms with Gasteiger partial charge in [-0.3, -0.25) is 4.40 Å². The number of piperidine rings is 1. The smallest absolute Gasteiger partial charge is 0.475 e. The molecule has 2 aliphatic rings. The van der Waals surface area contributed by atoms with Crippen LogP contribution in [-0.4, -0.2) is 88.7 Å². The van der Waals surface area contributed by atoms with Gasteiger partial charge in [-0.05, 0) is 25.0 Å². The number of hydrogen-bond donors (Lipinski definition) is 2. The largest absolute Gasteiger partial charge is 0.490 e. The molecule has 0 unspecified atom stereocenters. The summed E-state index contributed by atoms with van der Waals surface area (Å²) in [7, 11) is -3.68. The number of aromatic nitrogens is 4. The fourth-order valence-electron chi connectivity index (χ4n) is 5.08. The third kappa shape index (κ3) is 7.35. The second kappa shape index (κ2) is 12.9. The summed E-state index contributed by atoms with van der Waals surface area (Å²) in [6.07, 6.45) is 0.125. The van der Waals surface area contributed by atoms with Crippen molar-refractivity contribution in [2.24, 2.45) is 5.14 Å². The molecule has 0 bridgehead atoms. The molecule has 0 saturated carbocycles. The average molecular weight is 638 g/mol. The van der Waals surface area contributed by atoms with E-state index in [0.717, 1.165) is 46.8 Å². The van der Waals surface area contributed by atoms with E-state index in [4.69, 9.17) is 34.5 Å². The number of rotatable bonds is 6. The molecule has 0 atom stereocenters. The molecule has 236 valence electrons. The van der Waals surface area contributed by atoms with Crippen molar-refractivity contribution in [1.29, 1.82) is 0 Å². The number of carboxylic acids is 1. The maximum atomic E-state index is 11.8. The Hall–Kier alpha value is -4.06. The molecule has 3 N–H and O–H groups in total. The fourth-order valence-corrected chi connectivity index (χ4v) is 5.80. The maximum absolute atomic E-state index is 11.8. The number of para-hydroxylation sites is 1. The van der Waals surface area contributed by atoms with Gasteiger partial charge in [-0.15, -0.1) is 0 Å². The average Bonchev–Trinajstić information content (AvgIpc) is 3.44. The minimum absolute atomic E-state index is 0.136. The summed E-state index contributed by atoms with van der Waals surface area (Å²) in [5, 5.41) is 13.5. The molecule has 2 saturated heterocycles. The molecule has 0 aliphatic carbocycles. The molecule has 0 spiro atoms. The lowest BCUT2D eigenvalue weighted by Gasteiger charge is -2.31. The highest BCUT2D eigenvalue weighted by molar-refractivity contribution is 7.86. The van der Waals surface area contributed by atoms with Crippen LogP contribution in [0.3, 0.4) is 0 Å². The number of anilines is 1. The van der Waals surface area contributed by atoms with Gasteiger partial charge in [0.1, 0.15) is 6.61 Å². The fraction of sp³-hybridized carbons (Fsp3) is 0.407. The molecular weight excluding hydrogens is 607 g/mol. The second-order valence-electron chi connectivity index (χ2n) is 10.2. The highest BCUT2D eigenvalue weighted by Crippen LogP contribution is 2.32. The normalized spacial score (nSPS) is 17.0. The number of benzene rings is 1. The maximum Gasteiger partial charge on any atom is 0.490 e. The number of carboxylic acid groups (broad SMARTS) is 1. The molecular formula is C27H30F3N7O6S. The van der Waals surface area contributed by atoms with Gasteiger partial charge in [0.2, 0.25) is 5.88 Å². The number of carbonyl (C=O) groups is 1. The molecule has 4 aromatic rings. The van der Waals surface area contributed by atoms with E-state index in [1.165, 1.54) is 4.31 Å². The molecule has 5 heterocycles. The van der Waals surface area contributed by atoms with Gasteiger partial charge in [-0.25, -0.2) is 24.9 Å². The second-order valence-corrected chi connectivity index (χ2v) is 11.7. The molecule has 6 rings (SSSR count). The summed E-state index contributed by atoms with van der Waals surface area (Å²) in [5.74, 6) is -1.27. The zero-order valence-electron chi connectivity index (χ0n) is 23.4. The standard InChI is InChI=1S/C25H29N7O4S.C2HF3O2/c26-37(33,34)31-9-7-19(8-10-31)22-15-27-24(30-11-13-35-14-12-30)25-28-20(16-32(22)25)17-36-23-6-5-18-3-1-2-4-21(18)29-23;3-2(4,5)1(6)7/h1-6,15-16,19H,7-14,17H2,(H2,26,33,34);(H,6,7). The quantitative estimate of drug-likeness (QED) is 0.321. The number of ether oxygens (including phenoxy) is 2. The van der Waals surface area contributed by atoms with E-state index >= 15 is 0 Å². The van der Waals surface area contributed by atoms with Gasteiger partial charge in [0.05, 0.1) is 24.4 Å². The molecule has 0 amide bonds. The highest BCUT2D eigenvalue weighted by atomic mass is 32.2. The first-order valence-corrected chi connectivity index (χ1v) is 15.2. The Morgan fingerprint density at radius 1 is 1.07 bits per heavy atom. The van der Waals surface area contributed by atoms with Crippen molar-refractivity contribution in [2.75, 3.05) is 44.3 Å². The number of nitrogens with two attached hydrogens (primary N) is 1. The third-order valence-corrected chi connectivity index (χ3v) is 8.36. The first-order valence-electron chi connectivity index (χ1n) is 13.7. The Kier molecular flexibility index (Phi) is 9.19. The number of nitrogens with zero attached hydrogens (tertiary/aromatic N) is 6. The molecule has 13 nitrogen and oxygen atoms in total. The number of fused-ring (bicyclic) bond motifs is 2. The summed E-state index contributed by atoms with van der Waals surface area (Å²) in [6.45, 7) is 3.81. The Morgan fingerprint density at radius 3 is 2.41 bits per heavy atom. The van der Waals surface area contributed by atoms with Gasteiger partial charge >= 0.3 is 12.1 Å². The van der Waals surface area contributed by atoms with Crippen LogP contribution in [0.25, 0.3) is 16.6 Å². The molecule has 2 fully saturated rings. The van der Waals surface area contributed by atoms with Crippen LogP contribution in [-0.2, 0) is 26.3 Å². The first-order chi connectivity index (χ1) is 20.9. The first kappa shape index (κ1) is 31.4. The van der Waals surface area contributed by atoms with Crippen molar-refractivity contribution in [3.05, 3.63) is 60.2 Å². The topological polar surface area (TPSA) is 165 Å². The van der Waals surface area contributed by atoms with Crippen LogP contribution in [0.1, 0.15) is 30.1 Å². The summed E-state index contributed by atoms with van der Waals surface area (Å²) in [6, 6.07) is 11.8. The van der Waals surface area contributed by atoms with Crippen LogP contribution >= 0.6 is 0 Å². The van der Waals surface area contributed by atoms with Crippen molar-refractivity contribution < 1.29 is 41.0 Å². The Bertz CT molecular complexity index is 1740. The molecule has 3 aromatic heterocycles. The van der Waals surface area contributed by atoms with E-state index in [1.807, 2.05) is 48.8 Å². The van der Waals surface area contributed by atoms with Gasteiger partial charge in [-0.2, -0.15) is 25.9 Å². The Balaban J connectivity index is 0.000000493. The number of hydrogen-bond acceptors (Lipinski definition) is 9. The van der Waals surface area contributed by atoms with Gasteiger partial charge in [0.15, 0.2) is 11.5 Å². The predicted octanol–water partition coefficient (Wildman–Crippen LogP) is 2.71. The highest BCUT2D eigenvalue weighted by Gasteiger charge is 2.38. The van der Waals surface area contributed by atoms with E-state index in [0.29, 0.717) is 45.0 Å². The van der Waals surface area contributed by atoms with E-state index in [2.05, 4.69) is 14.3 Å². The van der Waals surface area contributed by atoms with Crippen LogP contribution < -0.4 is 14.8 Å². The number of halogens is 3. The van der Waals surface area contributed by atoms with Gasteiger partial charge in [0.25, 0.3) is 10.2 Å². The van der Waals surface area contributed by atoms with Crippen LogP contribution in [0.15, 0.2) is 48.8 Å². The van der Waals surface area contributed by atoms with Crippen LogP contribution in [0.2, 0.25) is 0 Å². The SMILES string of the molecule is NS(=O)(=O)N1CCC(c2cnc(N3CCOCC3)c3nc(COc4ccc5ccccc5n4)cn23)CC1.O=C(O)C(F)(F)F. The van der Waals surface area contributed by atoms with Crippen LogP contribution in [0.5, 0.6) is 5.88 Å². The number of imidazole rings is 1. The lowest BCUT2D eigenvalue weighted by atomic mass is 9.95. The van der Waals surface area contributed by atoms with E-state index < -0.39 is 22.4 Å². The zero-order valence-corrected chi connectivity index (χ0v) is 24.2. The van der Waals surface area contributed by atoms with E-state index in [1.54, 1.807) is 0 Å². The minimum atomic E-state index is -5.08. The van der Waals surface area contributed by atoms with Gasteiger partial charge < -0.3 is 19.5 Å². The van der Waals surface area contributed by atoms with Crippen molar-refractivity contribution in [2.45, 2.75) is 31.5 Å². The molecule has 0 radical (unpaired) electrons. The van der Waals surface area contributed by atoms with Crippen molar-refractivity contribution in [1.82, 2.24) is 23.7 Å². The number of aliphatic carboxylic acids is 1. The molecule has 2 aliphatic heterocycles. The summed E-state index contributed by atoms with van der Waals surface area (Å²) < 4.78 is 70.2. The zero-order chi connectivity index (χ0) is 31.5. The van der Waals surface area contributed by atoms with Gasteiger partial charge in [0, 0.05) is 61.6 Å². The number of pyridine rings is 1. The monoisotopic (exact) mass is 637 g/mol. The Morgan fingerprint density at radius 2 is 1.75 bits per heavy atom.